The molecule has 2 aromatic rings. The standard InChI is InChI=1S/C18H22Cl2N2O3S/c1-2-9-25-18-16(19)10-14(11-17(18)20)12-22-8-7-13-3-5-15(6-4-13)26(21,23)24/h3-6,10-11,22H,2,7-9,12H2,1H3,(H2,21,23,24). The number of rotatable bonds is 9. The first-order valence-corrected chi connectivity index (χ1v) is 10.5. The molecule has 0 radical (unpaired) electrons. The van der Waals surface area contributed by atoms with Crippen molar-refractivity contribution in [2.75, 3.05) is 13.2 Å². The molecule has 0 amide bonds. The first-order valence-electron chi connectivity index (χ1n) is 8.24. The van der Waals surface area contributed by atoms with Crippen LogP contribution in [-0.4, -0.2) is 21.6 Å². The second-order valence-corrected chi connectivity index (χ2v) is 8.23. The third kappa shape index (κ3) is 6.14. The molecule has 0 atom stereocenters. The van der Waals surface area contributed by atoms with Crippen LogP contribution in [0.25, 0.3) is 0 Å². The number of benzene rings is 2. The van der Waals surface area contributed by atoms with Gasteiger partial charge in [-0.05, 0) is 54.8 Å². The molecule has 142 valence electrons. The summed E-state index contributed by atoms with van der Waals surface area (Å²) in [7, 11) is -3.65. The lowest BCUT2D eigenvalue weighted by atomic mass is 10.1. The third-order valence-electron chi connectivity index (χ3n) is 3.68. The molecule has 0 aliphatic rings. The number of hydrogen-bond donors (Lipinski definition) is 2. The molecule has 26 heavy (non-hydrogen) atoms. The summed E-state index contributed by atoms with van der Waals surface area (Å²) in [6.45, 7) is 3.92. The van der Waals surface area contributed by atoms with Crippen LogP contribution in [0.5, 0.6) is 5.75 Å². The van der Waals surface area contributed by atoms with E-state index in [1.165, 1.54) is 12.1 Å². The van der Waals surface area contributed by atoms with E-state index in [-0.39, 0.29) is 4.90 Å². The van der Waals surface area contributed by atoms with Crippen molar-refractivity contribution in [1.29, 1.82) is 0 Å². The van der Waals surface area contributed by atoms with E-state index in [9.17, 15) is 8.42 Å². The van der Waals surface area contributed by atoms with Crippen molar-refractivity contribution in [2.45, 2.75) is 31.2 Å². The largest absolute Gasteiger partial charge is 0.490 e. The summed E-state index contributed by atoms with van der Waals surface area (Å²) in [5.74, 6) is 0.522. The fourth-order valence-electron chi connectivity index (χ4n) is 2.37. The van der Waals surface area contributed by atoms with E-state index in [2.05, 4.69) is 5.32 Å². The second-order valence-electron chi connectivity index (χ2n) is 5.85. The number of halogens is 2. The summed E-state index contributed by atoms with van der Waals surface area (Å²) in [6, 6.07) is 10.2. The molecular weight excluding hydrogens is 395 g/mol. The molecule has 0 saturated carbocycles. The number of sulfonamides is 1. The normalized spacial score (nSPS) is 11.5. The molecule has 3 N–H and O–H groups in total. The number of nitrogens with one attached hydrogen (secondary N) is 1. The molecule has 0 unspecified atom stereocenters. The van der Waals surface area contributed by atoms with Crippen LogP contribution in [0.1, 0.15) is 24.5 Å². The first kappa shape index (κ1) is 21.0. The van der Waals surface area contributed by atoms with E-state index >= 15 is 0 Å². The van der Waals surface area contributed by atoms with Gasteiger partial charge in [0.15, 0.2) is 5.75 Å². The Labute approximate surface area is 164 Å². The third-order valence-corrected chi connectivity index (χ3v) is 5.17. The highest BCUT2D eigenvalue weighted by Gasteiger charge is 2.10. The van der Waals surface area contributed by atoms with Crippen LogP contribution in [0.4, 0.5) is 0 Å². The molecule has 8 heteroatoms. The van der Waals surface area contributed by atoms with Crippen LogP contribution < -0.4 is 15.2 Å². The van der Waals surface area contributed by atoms with Gasteiger partial charge in [-0.25, -0.2) is 13.6 Å². The number of primary sulfonamides is 1. The van der Waals surface area contributed by atoms with Gasteiger partial charge in [-0.2, -0.15) is 0 Å². The van der Waals surface area contributed by atoms with E-state index in [0.29, 0.717) is 28.9 Å². The maximum Gasteiger partial charge on any atom is 0.238 e. The van der Waals surface area contributed by atoms with Crippen molar-refractivity contribution in [2.24, 2.45) is 5.14 Å². The van der Waals surface area contributed by atoms with Gasteiger partial charge in [0.2, 0.25) is 10.0 Å². The average molecular weight is 417 g/mol. The minimum atomic E-state index is -3.65. The summed E-state index contributed by atoms with van der Waals surface area (Å²) in [6.07, 6.45) is 1.64. The predicted molar refractivity (Wildman–Crippen MR) is 105 cm³/mol. The summed E-state index contributed by atoms with van der Waals surface area (Å²) < 4.78 is 28.0. The molecule has 0 aliphatic heterocycles. The Morgan fingerprint density at radius 2 is 1.69 bits per heavy atom. The van der Waals surface area contributed by atoms with E-state index in [4.69, 9.17) is 33.1 Å². The molecule has 0 bridgehead atoms. The van der Waals surface area contributed by atoms with E-state index in [1.807, 2.05) is 19.1 Å². The smallest absolute Gasteiger partial charge is 0.238 e. The molecule has 0 heterocycles. The zero-order chi connectivity index (χ0) is 19.2. The van der Waals surface area contributed by atoms with Crippen LogP contribution in [0, 0.1) is 0 Å². The lowest BCUT2D eigenvalue weighted by Gasteiger charge is -2.12. The fourth-order valence-corrected chi connectivity index (χ4v) is 3.52. The quantitative estimate of drug-likeness (QED) is 0.609. The molecule has 0 saturated heterocycles. The SMILES string of the molecule is CCCOc1c(Cl)cc(CNCCc2ccc(S(N)(=O)=O)cc2)cc1Cl. The van der Waals surface area contributed by atoms with Gasteiger partial charge >= 0.3 is 0 Å². The van der Waals surface area contributed by atoms with Crippen molar-refractivity contribution in [3.05, 3.63) is 57.6 Å². The number of hydrogen-bond acceptors (Lipinski definition) is 4. The van der Waals surface area contributed by atoms with Crippen LogP contribution in [0.15, 0.2) is 41.3 Å². The van der Waals surface area contributed by atoms with Crippen LogP contribution in [0.2, 0.25) is 10.0 Å². The Morgan fingerprint density at radius 3 is 2.23 bits per heavy atom. The topological polar surface area (TPSA) is 81.4 Å². The molecule has 2 aromatic carbocycles. The van der Waals surface area contributed by atoms with Crippen LogP contribution in [-0.2, 0) is 23.0 Å². The Morgan fingerprint density at radius 1 is 1.08 bits per heavy atom. The van der Waals surface area contributed by atoms with Crippen molar-refractivity contribution in [1.82, 2.24) is 5.32 Å². The monoisotopic (exact) mass is 416 g/mol. The minimum Gasteiger partial charge on any atom is -0.490 e. The molecule has 0 aliphatic carbocycles. The van der Waals surface area contributed by atoms with Crippen LogP contribution >= 0.6 is 23.2 Å². The van der Waals surface area contributed by atoms with Crippen molar-refractivity contribution < 1.29 is 13.2 Å². The van der Waals surface area contributed by atoms with Gasteiger partial charge in [0.1, 0.15) is 0 Å². The minimum absolute atomic E-state index is 0.115. The summed E-state index contributed by atoms with van der Waals surface area (Å²) >= 11 is 12.5. The summed E-state index contributed by atoms with van der Waals surface area (Å²) in [5, 5.41) is 9.40. The van der Waals surface area contributed by atoms with Gasteiger partial charge in [0.05, 0.1) is 21.5 Å². The second kappa shape index (κ2) is 9.58. The zero-order valence-corrected chi connectivity index (χ0v) is 16.8. The number of ether oxygens (including phenoxy) is 1. The number of nitrogens with two attached hydrogens (primary N) is 1. The fraction of sp³-hybridized carbons (Fsp3) is 0.333. The highest BCUT2D eigenvalue weighted by molar-refractivity contribution is 7.89. The molecule has 0 spiro atoms. The van der Waals surface area contributed by atoms with Crippen molar-refractivity contribution >= 4 is 33.2 Å². The summed E-state index contributed by atoms with van der Waals surface area (Å²) in [4.78, 5) is 0.115. The van der Waals surface area contributed by atoms with E-state index in [1.54, 1.807) is 12.1 Å². The highest BCUT2D eigenvalue weighted by atomic mass is 35.5. The maximum atomic E-state index is 11.2. The lowest BCUT2D eigenvalue weighted by Crippen LogP contribution is -2.17. The molecule has 0 aromatic heterocycles. The average Bonchev–Trinajstić information content (AvgIpc) is 2.58. The van der Waals surface area contributed by atoms with E-state index in [0.717, 1.165) is 30.5 Å². The highest BCUT2D eigenvalue weighted by Crippen LogP contribution is 2.34. The van der Waals surface area contributed by atoms with Gasteiger partial charge in [0.25, 0.3) is 0 Å². The Bertz CT molecular complexity index is 817. The van der Waals surface area contributed by atoms with Gasteiger partial charge in [0, 0.05) is 6.54 Å². The van der Waals surface area contributed by atoms with Gasteiger partial charge < -0.3 is 10.1 Å². The first-order chi connectivity index (χ1) is 12.3. The van der Waals surface area contributed by atoms with Gasteiger partial charge in [-0.15, -0.1) is 0 Å². The Balaban J connectivity index is 1.86. The van der Waals surface area contributed by atoms with Crippen LogP contribution in [0.3, 0.4) is 0 Å². The Kier molecular flexibility index (Phi) is 7.73. The predicted octanol–water partition coefficient (Wildman–Crippen LogP) is 3.76. The van der Waals surface area contributed by atoms with Crippen molar-refractivity contribution in [3.8, 4) is 5.75 Å². The molecule has 5 nitrogen and oxygen atoms in total. The van der Waals surface area contributed by atoms with Crippen molar-refractivity contribution in [3.63, 3.8) is 0 Å². The zero-order valence-electron chi connectivity index (χ0n) is 14.5. The lowest BCUT2D eigenvalue weighted by molar-refractivity contribution is 0.317. The van der Waals surface area contributed by atoms with Gasteiger partial charge in [-0.3, -0.25) is 0 Å². The molecular formula is C18H22Cl2N2O3S. The van der Waals surface area contributed by atoms with Gasteiger partial charge in [-0.1, -0.05) is 42.3 Å². The maximum absolute atomic E-state index is 11.2. The van der Waals surface area contributed by atoms with E-state index < -0.39 is 10.0 Å². The Hall–Kier alpha value is -1.31. The summed E-state index contributed by atoms with van der Waals surface area (Å²) in [5.41, 5.74) is 1.98. The molecule has 2 rings (SSSR count). The molecule has 0 fully saturated rings.